The molecule has 8 nitrogen and oxygen atoms in total. The number of carboxylic acids is 2. The highest BCUT2D eigenvalue weighted by Crippen LogP contribution is 2.46. The Bertz CT molecular complexity index is 1160. The van der Waals surface area contributed by atoms with Crippen LogP contribution in [0.3, 0.4) is 0 Å². The number of carboxylic acid groups (broad SMARTS) is 2. The van der Waals surface area contributed by atoms with Crippen molar-refractivity contribution in [2.75, 3.05) is 11.4 Å². The summed E-state index contributed by atoms with van der Waals surface area (Å²) in [5.74, 6) is -3.23. The Labute approximate surface area is 223 Å². The molecule has 0 aromatic heterocycles. The number of hydrogen-bond acceptors (Lipinski definition) is 4. The average Bonchev–Trinajstić information content (AvgIpc) is 3.31. The van der Waals surface area contributed by atoms with Gasteiger partial charge >= 0.3 is 11.9 Å². The highest BCUT2D eigenvalue weighted by atomic mass is 16.4. The van der Waals surface area contributed by atoms with Gasteiger partial charge in [0.05, 0.1) is 5.92 Å². The maximum absolute atomic E-state index is 13.4. The normalized spacial score (nSPS) is 19.3. The van der Waals surface area contributed by atoms with Crippen LogP contribution in [0.5, 0.6) is 0 Å². The predicted molar refractivity (Wildman–Crippen MR) is 143 cm³/mol. The molecule has 0 saturated heterocycles. The molecule has 1 aliphatic carbocycles. The molecule has 0 unspecified atom stereocenters. The topological polar surface area (TPSA) is 124 Å². The molecule has 3 N–H and O–H groups in total. The van der Waals surface area contributed by atoms with Crippen LogP contribution < -0.4 is 10.2 Å². The van der Waals surface area contributed by atoms with E-state index in [9.17, 15) is 29.4 Å². The summed E-state index contributed by atoms with van der Waals surface area (Å²) in [5, 5.41) is 22.3. The van der Waals surface area contributed by atoms with Gasteiger partial charge in [-0.05, 0) is 67.6 Å². The van der Waals surface area contributed by atoms with Crippen LogP contribution in [0.1, 0.15) is 62.5 Å². The Balaban J connectivity index is 1.44. The second-order valence-electron chi connectivity index (χ2n) is 10.8. The van der Waals surface area contributed by atoms with E-state index in [1.54, 1.807) is 12.1 Å². The highest BCUT2D eigenvalue weighted by molar-refractivity contribution is 6.03. The van der Waals surface area contributed by atoms with Crippen LogP contribution in [0.4, 0.5) is 5.69 Å². The molecule has 8 heteroatoms. The Morgan fingerprint density at radius 2 is 1.68 bits per heavy atom. The number of anilines is 1. The maximum Gasteiger partial charge on any atom is 0.323 e. The maximum atomic E-state index is 13.4. The standard InChI is InChI=1S/C30H36N2O6/c33-26(31-24-15-14-22-10-4-5-11-25(22)32(28(24)36)20-27(34)35)19-30(16-6-7-17-30)18-23(29(37)38)13-12-21-8-2-1-3-9-21/h1-5,8-11,23-24H,6-7,12-20H2,(H,31,33)(H,34,35)(H,37,38)/t23-,24+/m0/s1. The van der Waals surface area contributed by atoms with Gasteiger partial charge in [-0.2, -0.15) is 0 Å². The summed E-state index contributed by atoms with van der Waals surface area (Å²) >= 11 is 0. The fraction of sp³-hybridized carbons (Fsp3) is 0.467. The Morgan fingerprint density at radius 3 is 2.37 bits per heavy atom. The van der Waals surface area contributed by atoms with Crippen molar-refractivity contribution in [3.05, 3.63) is 65.7 Å². The fourth-order valence-corrected chi connectivity index (χ4v) is 6.13. The van der Waals surface area contributed by atoms with E-state index in [1.165, 1.54) is 4.90 Å². The van der Waals surface area contributed by atoms with Gasteiger partial charge in [0.15, 0.2) is 0 Å². The number of carbonyl (C=O) groups excluding carboxylic acids is 2. The molecule has 0 bridgehead atoms. The number of amides is 2. The molecule has 4 rings (SSSR count). The third-order valence-corrected chi connectivity index (χ3v) is 8.03. The lowest BCUT2D eigenvalue weighted by Crippen LogP contribution is -2.50. The summed E-state index contributed by atoms with van der Waals surface area (Å²) in [6.45, 7) is -0.478. The molecular formula is C30H36N2O6. The molecule has 0 spiro atoms. The lowest BCUT2D eigenvalue weighted by atomic mass is 9.73. The summed E-state index contributed by atoms with van der Waals surface area (Å²) < 4.78 is 0. The Hall–Kier alpha value is -3.68. The van der Waals surface area contributed by atoms with Crippen molar-refractivity contribution in [3.63, 3.8) is 0 Å². The summed E-state index contributed by atoms with van der Waals surface area (Å²) in [4.78, 5) is 51.6. The second-order valence-corrected chi connectivity index (χ2v) is 10.8. The van der Waals surface area contributed by atoms with E-state index in [0.717, 1.165) is 36.8 Å². The zero-order valence-corrected chi connectivity index (χ0v) is 21.6. The number of nitrogens with one attached hydrogen (secondary N) is 1. The Kier molecular flexibility index (Phi) is 8.81. The van der Waals surface area contributed by atoms with E-state index in [2.05, 4.69) is 5.32 Å². The molecule has 1 fully saturated rings. The first-order valence-electron chi connectivity index (χ1n) is 13.4. The minimum atomic E-state index is -1.12. The summed E-state index contributed by atoms with van der Waals surface area (Å²) in [5.41, 5.74) is 2.11. The van der Waals surface area contributed by atoms with Crippen LogP contribution in [-0.4, -0.2) is 46.6 Å². The molecule has 202 valence electrons. The molecule has 2 amide bonds. The van der Waals surface area contributed by atoms with Crippen molar-refractivity contribution in [3.8, 4) is 0 Å². The van der Waals surface area contributed by atoms with Gasteiger partial charge in [0, 0.05) is 12.1 Å². The van der Waals surface area contributed by atoms with E-state index >= 15 is 0 Å². The second kappa shape index (κ2) is 12.2. The minimum Gasteiger partial charge on any atom is -0.481 e. The van der Waals surface area contributed by atoms with Crippen LogP contribution in [-0.2, 0) is 32.0 Å². The van der Waals surface area contributed by atoms with E-state index in [0.29, 0.717) is 37.8 Å². The quantitative estimate of drug-likeness (QED) is 0.408. The monoisotopic (exact) mass is 520 g/mol. The number of fused-ring (bicyclic) bond motifs is 1. The highest BCUT2D eigenvalue weighted by Gasteiger charge is 2.41. The fourth-order valence-electron chi connectivity index (χ4n) is 6.13. The van der Waals surface area contributed by atoms with Crippen molar-refractivity contribution in [2.45, 2.75) is 70.3 Å². The first-order chi connectivity index (χ1) is 18.3. The van der Waals surface area contributed by atoms with Crippen LogP contribution in [0.15, 0.2) is 54.6 Å². The van der Waals surface area contributed by atoms with Crippen molar-refractivity contribution in [1.82, 2.24) is 5.32 Å². The van der Waals surface area contributed by atoms with E-state index in [4.69, 9.17) is 0 Å². The summed E-state index contributed by atoms with van der Waals surface area (Å²) in [6.07, 6.45) is 6.13. The molecule has 38 heavy (non-hydrogen) atoms. The number of rotatable bonds is 11. The average molecular weight is 521 g/mol. The lowest BCUT2D eigenvalue weighted by molar-refractivity contribution is -0.144. The largest absolute Gasteiger partial charge is 0.481 e. The zero-order valence-electron chi connectivity index (χ0n) is 21.6. The van der Waals surface area contributed by atoms with Crippen molar-refractivity contribution in [1.29, 1.82) is 0 Å². The molecule has 1 aliphatic heterocycles. The molecule has 2 aromatic carbocycles. The first kappa shape index (κ1) is 27.4. The minimum absolute atomic E-state index is 0.164. The van der Waals surface area contributed by atoms with Crippen LogP contribution in [0.25, 0.3) is 0 Å². The van der Waals surface area contributed by atoms with Gasteiger partial charge in [0.1, 0.15) is 12.6 Å². The molecular weight excluding hydrogens is 484 g/mol. The number of carbonyl (C=O) groups is 4. The predicted octanol–water partition coefficient (Wildman–Crippen LogP) is 4.21. The molecule has 2 aromatic rings. The molecule has 1 heterocycles. The molecule has 2 aliphatic rings. The lowest BCUT2D eigenvalue weighted by Gasteiger charge is -2.32. The van der Waals surface area contributed by atoms with Crippen LogP contribution in [0.2, 0.25) is 0 Å². The summed E-state index contributed by atoms with van der Waals surface area (Å²) in [6, 6.07) is 16.2. The zero-order chi connectivity index (χ0) is 27.1. The van der Waals surface area contributed by atoms with Gasteiger partial charge in [-0.15, -0.1) is 0 Å². The van der Waals surface area contributed by atoms with Gasteiger partial charge in [-0.25, -0.2) is 0 Å². The SMILES string of the molecule is O=C(O)CN1C(=O)[C@H](NC(=O)CC2(C[C@H](CCc3ccccc3)C(=O)O)CCCC2)CCc2ccccc21. The Morgan fingerprint density at radius 1 is 1.00 bits per heavy atom. The van der Waals surface area contributed by atoms with Crippen molar-refractivity contribution in [2.24, 2.45) is 11.3 Å². The molecule has 2 atom stereocenters. The van der Waals surface area contributed by atoms with Crippen LogP contribution >= 0.6 is 0 Å². The number of para-hydroxylation sites is 1. The number of nitrogens with zero attached hydrogens (tertiary/aromatic N) is 1. The van der Waals surface area contributed by atoms with Gasteiger partial charge in [0.25, 0.3) is 0 Å². The van der Waals surface area contributed by atoms with Crippen LogP contribution in [0, 0.1) is 11.3 Å². The van der Waals surface area contributed by atoms with Gasteiger partial charge in [-0.1, -0.05) is 61.4 Å². The number of benzene rings is 2. The van der Waals surface area contributed by atoms with E-state index < -0.39 is 41.8 Å². The van der Waals surface area contributed by atoms with E-state index in [-0.39, 0.29) is 12.3 Å². The van der Waals surface area contributed by atoms with Gasteiger partial charge in [-0.3, -0.25) is 24.1 Å². The van der Waals surface area contributed by atoms with E-state index in [1.807, 2.05) is 42.5 Å². The molecule has 1 saturated carbocycles. The third kappa shape index (κ3) is 6.79. The third-order valence-electron chi connectivity index (χ3n) is 8.03. The number of aliphatic carboxylic acids is 2. The smallest absolute Gasteiger partial charge is 0.323 e. The van der Waals surface area contributed by atoms with Crippen molar-refractivity contribution < 1.29 is 29.4 Å². The molecule has 0 radical (unpaired) electrons. The summed E-state index contributed by atoms with van der Waals surface area (Å²) in [7, 11) is 0. The number of aryl methyl sites for hydroxylation is 2. The van der Waals surface area contributed by atoms with Gasteiger partial charge < -0.3 is 15.5 Å². The first-order valence-corrected chi connectivity index (χ1v) is 13.4. The number of hydrogen-bond donors (Lipinski definition) is 3. The van der Waals surface area contributed by atoms with Gasteiger partial charge in [0.2, 0.25) is 11.8 Å². The van der Waals surface area contributed by atoms with Crippen molar-refractivity contribution >= 4 is 29.4 Å².